The number of hydrogen-bond donors (Lipinski definition) is 1. The van der Waals surface area contributed by atoms with E-state index in [4.69, 9.17) is 5.73 Å². The molecule has 4 heteroatoms. The van der Waals surface area contributed by atoms with Crippen molar-refractivity contribution in [3.8, 4) is 0 Å². The minimum absolute atomic E-state index is 0.132. The number of amides is 1. The molecule has 2 rings (SSSR count). The molecular weight excluding hydrogens is 202 g/mol. The van der Waals surface area contributed by atoms with Gasteiger partial charge in [-0.15, -0.1) is 0 Å². The number of carbonyl (C=O) groups is 1. The van der Waals surface area contributed by atoms with E-state index < -0.39 is 0 Å². The van der Waals surface area contributed by atoms with Crippen LogP contribution in [0.2, 0.25) is 0 Å². The Labute approximate surface area is 95.5 Å². The van der Waals surface area contributed by atoms with Gasteiger partial charge in [-0.25, -0.2) is 4.98 Å². The van der Waals surface area contributed by atoms with Crippen LogP contribution >= 0.6 is 0 Å². The second-order valence-electron chi connectivity index (χ2n) is 4.45. The molecule has 86 valence electrons. The Kier molecular flexibility index (Phi) is 2.92. The lowest BCUT2D eigenvalue weighted by Crippen LogP contribution is -2.26. The van der Waals surface area contributed by atoms with Crippen LogP contribution in [-0.2, 0) is 4.79 Å². The quantitative estimate of drug-likeness (QED) is 0.807. The van der Waals surface area contributed by atoms with E-state index in [0.717, 1.165) is 17.1 Å². The first-order valence-electron chi connectivity index (χ1n) is 5.56. The number of carbonyl (C=O) groups excluding carboxylic acids is 1. The summed E-state index contributed by atoms with van der Waals surface area (Å²) >= 11 is 0. The maximum absolute atomic E-state index is 11.8. The summed E-state index contributed by atoms with van der Waals surface area (Å²) in [6, 6.07) is 3.95. The van der Waals surface area contributed by atoms with Gasteiger partial charge in [0.15, 0.2) is 0 Å². The fourth-order valence-electron chi connectivity index (χ4n) is 2.12. The first-order valence-corrected chi connectivity index (χ1v) is 5.56. The van der Waals surface area contributed by atoms with Gasteiger partial charge in [-0.2, -0.15) is 0 Å². The number of nitrogens with two attached hydrogens (primary N) is 1. The van der Waals surface area contributed by atoms with Crippen molar-refractivity contribution in [1.82, 2.24) is 4.98 Å². The molecule has 4 nitrogen and oxygen atoms in total. The zero-order valence-electron chi connectivity index (χ0n) is 9.73. The smallest absolute Gasteiger partial charge is 0.228 e. The van der Waals surface area contributed by atoms with Crippen LogP contribution in [0.1, 0.15) is 17.7 Å². The Hall–Kier alpha value is -1.42. The maximum atomic E-state index is 11.8. The van der Waals surface area contributed by atoms with Gasteiger partial charge in [0, 0.05) is 18.7 Å². The number of aryl methyl sites for hydroxylation is 2. The fraction of sp³-hybridized carbons (Fsp3) is 0.500. The number of nitrogens with zero attached hydrogens (tertiary/aromatic N) is 2. The molecule has 16 heavy (non-hydrogen) atoms. The number of aromatic nitrogens is 1. The number of hydrogen-bond acceptors (Lipinski definition) is 3. The normalized spacial score (nSPS) is 20.6. The van der Waals surface area contributed by atoms with Crippen molar-refractivity contribution in [1.29, 1.82) is 0 Å². The summed E-state index contributed by atoms with van der Waals surface area (Å²) in [5, 5.41) is 0. The monoisotopic (exact) mass is 219 g/mol. The van der Waals surface area contributed by atoms with E-state index in [2.05, 4.69) is 4.98 Å². The molecule has 1 atom stereocenters. The van der Waals surface area contributed by atoms with E-state index in [1.165, 1.54) is 0 Å². The lowest BCUT2D eigenvalue weighted by atomic mass is 10.1. The average Bonchev–Trinajstić information content (AvgIpc) is 2.58. The fourth-order valence-corrected chi connectivity index (χ4v) is 2.12. The Morgan fingerprint density at radius 3 is 2.81 bits per heavy atom. The Bertz CT molecular complexity index is 396. The maximum Gasteiger partial charge on any atom is 0.228 e. The molecule has 1 amide bonds. The summed E-state index contributed by atoms with van der Waals surface area (Å²) in [6.45, 7) is 5.22. The SMILES string of the molecule is Cc1cc(C)nc(N2CC(CN)CC2=O)c1. The molecule has 0 bridgehead atoms. The molecule has 0 aromatic carbocycles. The van der Waals surface area contributed by atoms with E-state index >= 15 is 0 Å². The highest BCUT2D eigenvalue weighted by Gasteiger charge is 2.30. The highest BCUT2D eigenvalue weighted by Crippen LogP contribution is 2.23. The van der Waals surface area contributed by atoms with Gasteiger partial charge in [0.2, 0.25) is 5.91 Å². The van der Waals surface area contributed by atoms with Crippen molar-refractivity contribution >= 4 is 11.7 Å². The molecule has 1 unspecified atom stereocenters. The predicted octanol–water partition coefficient (Wildman–Crippen LogP) is 1.01. The van der Waals surface area contributed by atoms with Gasteiger partial charge in [-0.05, 0) is 44.0 Å². The van der Waals surface area contributed by atoms with E-state index in [1.807, 2.05) is 26.0 Å². The lowest BCUT2D eigenvalue weighted by molar-refractivity contribution is -0.117. The first-order chi connectivity index (χ1) is 7.60. The van der Waals surface area contributed by atoms with Crippen LogP contribution in [0.3, 0.4) is 0 Å². The number of rotatable bonds is 2. The number of anilines is 1. The second-order valence-corrected chi connectivity index (χ2v) is 4.45. The molecular formula is C12H17N3O. The van der Waals surface area contributed by atoms with E-state index in [1.54, 1.807) is 4.90 Å². The Morgan fingerprint density at radius 1 is 1.50 bits per heavy atom. The van der Waals surface area contributed by atoms with Gasteiger partial charge < -0.3 is 5.73 Å². The molecule has 0 aliphatic carbocycles. The van der Waals surface area contributed by atoms with E-state index in [-0.39, 0.29) is 11.8 Å². The molecule has 2 N–H and O–H groups in total. The Morgan fingerprint density at radius 2 is 2.25 bits per heavy atom. The average molecular weight is 219 g/mol. The third-order valence-corrected chi connectivity index (χ3v) is 2.90. The van der Waals surface area contributed by atoms with Gasteiger partial charge >= 0.3 is 0 Å². The van der Waals surface area contributed by atoms with Gasteiger partial charge in [0.1, 0.15) is 5.82 Å². The third-order valence-electron chi connectivity index (χ3n) is 2.90. The summed E-state index contributed by atoms with van der Waals surface area (Å²) < 4.78 is 0. The van der Waals surface area contributed by atoms with Gasteiger partial charge in [0.25, 0.3) is 0 Å². The number of pyridine rings is 1. The van der Waals surface area contributed by atoms with Crippen molar-refractivity contribution in [2.24, 2.45) is 11.7 Å². The molecule has 0 spiro atoms. The van der Waals surface area contributed by atoms with Crippen LogP contribution in [0, 0.1) is 19.8 Å². The lowest BCUT2D eigenvalue weighted by Gasteiger charge is -2.16. The highest BCUT2D eigenvalue weighted by atomic mass is 16.2. The van der Waals surface area contributed by atoms with Crippen LogP contribution in [0.15, 0.2) is 12.1 Å². The van der Waals surface area contributed by atoms with Crippen LogP contribution in [-0.4, -0.2) is 24.0 Å². The van der Waals surface area contributed by atoms with Crippen molar-refractivity contribution in [3.05, 3.63) is 23.4 Å². The van der Waals surface area contributed by atoms with Crippen LogP contribution in [0.25, 0.3) is 0 Å². The summed E-state index contributed by atoms with van der Waals surface area (Å²) in [5.41, 5.74) is 7.67. The molecule has 0 saturated carbocycles. The third kappa shape index (κ3) is 2.07. The van der Waals surface area contributed by atoms with Crippen LogP contribution in [0.4, 0.5) is 5.82 Å². The standard InChI is InChI=1S/C12H17N3O/c1-8-3-9(2)14-11(4-8)15-7-10(6-13)5-12(15)16/h3-4,10H,5-7,13H2,1-2H3. The minimum atomic E-state index is 0.132. The summed E-state index contributed by atoms with van der Waals surface area (Å²) in [4.78, 5) is 17.9. The van der Waals surface area contributed by atoms with E-state index in [0.29, 0.717) is 19.5 Å². The summed E-state index contributed by atoms with van der Waals surface area (Å²) in [6.07, 6.45) is 0.547. The van der Waals surface area contributed by atoms with Crippen LogP contribution < -0.4 is 10.6 Å². The first kappa shape index (κ1) is 11.1. The van der Waals surface area contributed by atoms with E-state index in [9.17, 15) is 4.79 Å². The molecule has 1 aromatic rings. The highest BCUT2D eigenvalue weighted by molar-refractivity contribution is 5.94. The zero-order chi connectivity index (χ0) is 11.7. The molecule has 1 aromatic heterocycles. The largest absolute Gasteiger partial charge is 0.330 e. The predicted molar refractivity (Wildman–Crippen MR) is 63.2 cm³/mol. The summed E-state index contributed by atoms with van der Waals surface area (Å²) in [5.74, 6) is 1.17. The molecule has 1 aliphatic rings. The van der Waals surface area contributed by atoms with Gasteiger partial charge in [-0.3, -0.25) is 9.69 Å². The van der Waals surface area contributed by atoms with Crippen molar-refractivity contribution in [2.45, 2.75) is 20.3 Å². The molecule has 1 fully saturated rings. The Balaban J connectivity index is 2.27. The summed E-state index contributed by atoms with van der Waals surface area (Å²) in [7, 11) is 0. The zero-order valence-corrected chi connectivity index (χ0v) is 9.73. The molecule has 1 aliphatic heterocycles. The van der Waals surface area contributed by atoms with Crippen LogP contribution in [0.5, 0.6) is 0 Å². The molecule has 2 heterocycles. The van der Waals surface area contributed by atoms with Gasteiger partial charge in [0.05, 0.1) is 0 Å². The molecule has 0 radical (unpaired) electrons. The van der Waals surface area contributed by atoms with Gasteiger partial charge in [-0.1, -0.05) is 0 Å². The molecule has 1 saturated heterocycles. The van der Waals surface area contributed by atoms with Crippen molar-refractivity contribution in [2.75, 3.05) is 18.0 Å². The second kappa shape index (κ2) is 4.22. The topological polar surface area (TPSA) is 59.2 Å². The van der Waals surface area contributed by atoms with Crippen molar-refractivity contribution < 1.29 is 4.79 Å². The van der Waals surface area contributed by atoms with Crippen molar-refractivity contribution in [3.63, 3.8) is 0 Å². The minimum Gasteiger partial charge on any atom is -0.330 e.